The van der Waals surface area contributed by atoms with Crippen LogP contribution in [-0.4, -0.2) is 6.98 Å². The van der Waals surface area contributed by atoms with E-state index in [0.29, 0.717) is 0 Å². The Labute approximate surface area is 132 Å². The summed E-state index contributed by atoms with van der Waals surface area (Å²) in [6, 6.07) is 3.70. The van der Waals surface area contributed by atoms with Crippen LogP contribution in [0.2, 0.25) is 0 Å². The molecule has 0 heterocycles. The van der Waals surface area contributed by atoms with Crippen molar-refractivity contribution in [2.24, 2.45) is 5.11 Å². The molecule has 0 unspecified atom stereocenters. The van der Waals surface area contributed by atoms with Crippen molar-refractivity contribution in [2.75, 3.05) is 5.73 Å². The van der Waals surface area contributed by atoms with Gasteiger partial charge in [-0.25, -0.2) is 0 Å². The zero-order chi connectivity index (χ0) is 11.5. The second kappa shape index (κ2) is 6.53. The van der Waals surface area contributed by atoms with Gasteiger partial charge in [0.15, 0.2) is 0 Å². The Morgan fingerprint density at radius 3 is 2.44 bits per heavy atom. The van der Waals surface area contributed by atoms with Gasteiger partial charge in [0.2, 0.25) is 0 Å². The third-order valence-electron chi connectivity index (χ3n) is 1.63. The predicted octanol–water partition coefficient (Wildman–Crippen LogP) is 0.144. The summed E-state index contributed by atoms with van der Waals surface area (Å²) in [6.45, 7) is -4.91. The van der Waals surface area contributed by atoms with E-state index in [1.165, 1.54) is 18.2 Å². The van der Waals surface area contributed by atoms with E-state index in [1.54, 1.807) is 0 Å². The van der Waals surface area contributed by atoms with Gasteiger partial charge in [-0.15, -0.1) is 0 Å². The summed E-state index contributed by atoms with van der Waals surface area (Å²) in [5.41, 5.74) is 13.7. The minimum absolute atomic E-state index is 0. The van der Waals surface area contributed by atoms with Crippen LogP contribution in [0.5, 0.6) is 0 Å². The number of hydrogen-bond acceptors (Lipinski definition) is 2. The van der Waals surface area contributed by atoms with Gasteiger partial charge in [-0.1, -0.05) is 23.1 Å². The first kappa shape index (κ1) is 15.8. The molecule has 0 aliphatic carbocycles. The van der Waals surface area contributed by atoms with E-state index in [9.17, 15) is 12.9 Å². The summed E-state index contributed by atoms with van der Waals surface area (Å²) >= 11 is 0. The molecule has 0 radical (unpaired) electrons. The van der Waals surface area contributed by atoms with Crippen LogP contribution in [0.3, 0.4) is 0 Å². The molecule has 0 fully saturated rings. The summed E-state index contributed by atoms with van der Waals surface area (Å²) in [5.74, 6) is 0. The minimum atomic E-state index is -4.91. The Balaban J connectivity index is 0.00000225. The van der Waals surface area contributed by atoms with Crippen molar-refractivity contribution in [2.45, 2.75) is 6.32 Å². The Kier molecular flexibility index (Phi) is 6.46. The number of azide groups is 1. The number of nitrogens with two attached hydrogens (primary N) is 1. The van der Waals surface area contributed by atoms with Crippen molar-refractivity contribution in [1.29, 1.82) is 0 Å². The van der Waals surface area contributed by atoms with Crippen LogP contribution in [0.15, 0.2) is 23.3 Å². The molecule has 0 amide bonds. The van der Waals surface area contributed by atoms with Crippen molar-refractivity contribution in [3.63, 3.8) is 0 Å². The fourth-order valence-corrected chi connectivity index (χ4v) is 1.19. The first-order chi connectivity index (χ1) is 6.90. The summed E-state index contributed by atoms with van der Waals surface area (Å²) in [7, 11) is 0. The van der Waals surface area contributed by atoms with Gasteiger partial charge in [-0.3, -0.25) is 0 Å². The number of benzene rings is 1. The molecule has 1 aromatic rings. The molecule has 1 rings (SSSR count). The smallest absolute Gasteiger partial charge is 0.449 e. The van der Waals surface area contributed by atoms with E-state index in [2.05, 4.69) is 10.0 Å². The molecule has 0 saturated heterocycles. The van der Waals surface area contributed by atoms with Crippen LogP contribution in [0.4, 0.5) is 24.3 Å². The van der Waals surface area contributed by atoms with Gasteiger partial charge >= 0.3 is 58.4 Å². The molecule has 2 N–H and O–H groups in total. The molecule has 0 spiro atoms. The second-order valence-electron chi connectivity index (χ2n) is 3.04. The van der Waals surface area contributed by atoms with Gasteiger partial charge in [0.1, 0.15) is 0 Å². The van der Waals surface area contributed by atoms with Crippen LogP contribution in [0, 0.1) is 0 Å². The number of halogens is 3. The molecule has 4 nitrogen and oxygen atoms in total. The van der Waals surface area contributed by atoms with Crippen LogP contribution in [-0.2, 0) is 6.32 Å². The van der Waals surface area contributed by atoms with E-state index in [1.807, 2.05) is 0 Å². The average Bonchev–Trinajstić information content (AvgIpc) is 1.99. The van der Waals surface area contributed by atoms with Crippen molar-refractivity contribution in [3.8, 4) is 0 Å². The van der Waals surface area contributed by atoms with Crippen molar-refractivity contribution in [3.05, 3.63) is 34.2 Å². The average molecular weight is 254 g/mol. The summed E-state index contributed by atoms with van der Waals surface area (Å²) < 4.78 is 36.3. The largest absolute Gasteiger partial charge is 1.00 e. The first-order valence-electron chi connectivity index (χ1n) is 4.06. The van der Waals surface area contributed by atoms with E-state index in [-0.39, 0.29) is 68.3 Å². The molecule has 0 aliphatic heterocycles. The quantitative estimate of drug-likeness (QED) is 0.269. The number of rotatable bonds is 3. The number of nitrogens with zero attached hydrogens (tertiary/aromatic N) is 3. The Bertz CT molecular complexity index is 417. The normalized spacial score (nSPS) is 10.2. The number of anilines is 1. The first-order valence-corrected chi connectivity index (χ1v) is 4.06. The molecule has 0 aromatic heterocycles. The number of hydrogen-bond donors (Lipinski definition) is 1. The maximum Gasteiger partial charge on any atom is 1.00 e. The van der Waals surface area contributed by atoms with E-state index in [4.69, 9.17) is 11.3 Å². The predicted molar refractivity (Wildman–Crippen MR) is 52.4 cm³/mol. The van der Waals surface area contributed by atoms with Crippen molar-refractivity contribution >= 4 is 18.4 Å². The zero-order valence-corrected chi connectivity index (χ0v) is 11.7. The van der Waals surface area contributed by atoms with Crippen LogP contribution in [0.1, 0.15) is 5.56 Å². The Morgan fingerprint density at radius 1 is 1.31 bits per heavy atom. The zero-order valence-electron chi connectivity index (χ0n) is 8.57. The summed E-state index contributed by atoms with van der Waals surface area (Å²) in [5, 5.41) is 3.20. The Morgan fingerprint density at radius 2 is 1.94 bits per heavy atom. The molecule has 80 valence electrons. The van der Waals surface area contributed by atoms with Gasteiger partial charge in [-0.05, 0) is 17.7 Å². The fraction of sp³-hybridized carbons (Fsp3) is 0.143. The van der Waals surface area contributed by atoms with Crippen LogP contribution in [0.25, 0.3) is 10.4 Å². The molecule has 9 heteroatoms. The standard InChI is InChI=1S/C7H7BF3N4.K/c9-8(10,11)4-5-1-6(12)3-7(2-5)14-15-13;/h1-3H,4,12H2;/q-1;+1. The van der Waals surface area contributed by atoms with E-state index >= 15 is 0 Å². The molecular formula is C7H7BF3KN4. The maximum atomic E-state index is 12.1. The van der Waals surface area contributed by atoms with E-state index in [0.717, 1.165) is 0 Å². The van der Waals surface area contributed by atoms with Gasteiger partial charge in [0, 0.05) is 16.3 Å². The van der Waals surface area contributed by atoms with Gasteiger partial charge in [-0.2, -0.15) is 0 Å². The van der Waals surface area contributed by atoms with Crippen LogP contribution < -0.4 is 57.1 Å². The third-order valence-corrected chi connectivity index (χ3v) is 1.63. The maximum absolute atomic E-state index is 12.1. The van der Waals surface area contributed by atoms with Gasteiger partial charge in [0.05, 0.1) is 0 Å². The fourth-order valence-electron chi connectivity index (χ4n) is 1.19. The monoisotopic (exact) mass is 254 g/mol. The SMILES string of the molecule is [K+].[N-]=[N+]=Nc1cc(N)cc(C[B-](F)(F)F)c1. The summed E-state index contributed by atoms with van der Waals surface area (Å²) in [6.07, 6.45) is -1.03. The molecule has 0 atom stereocenters. The minimum Gasteiger partial charge on any atom is -0.449 e. The molecular weight excluding hydrogens is 247 g/mol. The van der Waals surface area contributed by atoms with Crippen molar-refractivity contribution in [1.82, 2.24) is 0 Å². The third kappa shape index (κ3) is 5.78. The molecule has 16 heavy (non-hydrogen) atoms. The van der Waals surface area contributed by atoms with Crippen molar-refractivity contribution < 1.29 is 64.3 Å². The topological polar surface area (TPSA) is 74.8 Å². The van der Waals surface area contributed by atoms with E-state index < -0.39 is 13.3 Å². The molecule has 0 bridgehead atoms. The van der Waals surface area contributed by atoms with Gasteiger partial charge in [0.25, 0.3) is 0 Å². The summed E-state index contributed by atoms with van der Waals surface area (Å²) in [4.78, 5) is 2.48. The number of nitrogen functional groups attached to an aromatic ring is 1. The van der Waals surface area contributed by atoms with Gasteiger partial charge < -0.3 is 18.7 Å². The Hall–Kier alpha value is -0.179. The molecule has 0 aliphatic rings. The second-order valence-corrected chi connectivity index (χ2v) is 3.04. The molecule has 1 aromatic carbocycles. The molecule has 0 saturated carbocycles. The van der Waals surface area contributed by atoms with Crippen LogP contribution >= 0.6 is 0 Å².